The number of hydrogen-bond donors (Lipinski definition) is 0. The van der Waals surface area contributed by atoms with Crippen LogP contribution < -0.4 is 0 Å². The van der Waals surface area contributed by atoms with Crippen LogP contribution in [0.3, 0.4) is 0 Å². The molecule has 0 aliphatic heterocycles. The lowest BCUT2D eigenvalue weighted by Gasteiger charge is -2.52. The fourth-order valence-corrected chi connectivity index (χ4v) is 15.1. The highest BCUT2D eigenvalue weighted by Gasteiger charge is 2.46. The van der Waals surface area contributed by atoms with Crippen LogP contribution in [0.25, 0.3) is 0 Å². The molecule has 0 amide bonds. The molecule has 4 fully saturated rings. The first-order valence-corrected chi connectivity index (χ1v) is 16.9. The molecular weight excluding hydrogens is 374 g/mol. The Kier molecular flexibility index (Phi) is 7.21. The van der Waals surface area contributed by atoms with Gasteiger partial charge in [0.2, 0.25) is 0 Å². The van der Waals surface area contributed by atoms with Gasteiger partial charge < -0.3 is 0 Å². The third kappa shape index (κ3) is 4.40. The van der Waals surface area contributed by atoms with Gasteiger partial charge in [0.15, 0.2) is 0 Å². The summed E-state index contributed by atoms with van der Waals surface area (Å²) in [4.78, 5) is 0. The molecule has 0 aromatic rings. The van der Waals surface area contributed by atoms with Gasteiger partial charge in [-0.2, -0.15) is 0 Å². The Balaban J connectivity index is 1.38. The van der Waals surface area contributed by atoms with Gasteiger partial charge in [-0.25, -0.2) is 0 Å². The molecular formula is C26H48P2. The maximum Gasteiger partial charge on any atom is -0.00941 e. The summed E-state index contributed by atoms with van der Waals surface area (Å²) < 4.78 is 0. The van der Waals surface area contributed by atoms with Crippen LogP contribution >= 0.6 is 15.8 Å². The largest absolute Gasteiger partial charge is 0.103 e. The van der Waals surface area contributed by atoms with Crippen molar-refractivity contribution in [3.05, 3.63) is 0 Å². The van der Waals surface area contributed by atoms with E-state index in [-0.39, 0.29) is 15.8 Å². The van der Waals surface area contributed by atoms with Crippen molar-refractivity contribution < 1.29 is 0 Å². The first-order chi connectivity index (χ1) is 13.5. The molecule has 0 spiro atoms. The maximum atomic E-state index is 2.73. The molecule has 4 saturated carbocycles. The van der Waals surface area contributed by atoms with E-state index in [4.69, 9.17) is 0 Å². The smallest absolute Gasteiger partial charge is 0.00941 e. The van der Waals surface area contributed by atoms with Crippen LogP contribution in [0.15, 0.2) is 0 Å². The van der Waals surface area contributed by atoms with E-state index in [2.05, 4.69) is 27.2 Å². The highest BCUT2D eigenvalue weighted by molar-refractivity contribution is 7.62. The van der Waals surface area contributed by atoms with E-state index in [1.807, 2.05) is 0 Å². The molecule has 0 aromatic carbocycles. The zero-order valence-electron chi connectivity index (χ0n) is 19.5. The fourth-order valence-electron chi connectivity index (χ4n) is 8.38. The lowest BCUT2D eigenvalue weighted by atomic mass is 9.67. The van der Waals surface area contributed by atoms with Gasteiger partial charge in [-0.3, -0.25) is 0 Å². The Morgan fingerprint density at radius 2 is 0.929 bits per heavy atom. The van der Waals surface area contributed by atoms with Crippen LogP contribution in [-0.4, -0.2) is 36.0 Å². The standard InChI is InChI=1S/C26H48P2/c1-5-25(17-21-9-7-10-22(15-21)18-25)27(3)13-14-28(4)26(6-2)19-23-11-8-12-24(16-23)20-26/h21-24H,5-20H2,1-4H3. The van der Waals surface area contributed by atoms with Crippen LogP contribution in [-0.2, 0) is 0 Å². The molecule has 0 aromatic heterocycles. The number of fused-ring (bicyclic) bond motifs is 4. The van der Waals surface area contributed by atoms with Crippen LogP contribution in [0, 0.1) is 23.7 Å². The van der Waals surface area contributed by atoms with Gasteiger partial charge in [0.05, 0.1) is 0 Å². The van der Waals surface area contributed by atoms with E-state index in [1.165, 1.54) is 12.8 Å². The van der Waals surface area contributed by atoms with E-state index in [0.717, 1.165) is 34.0 Å². The van der Waals surface area contributed by atoms with Crippen molar-refractivity contribution in [1.82, 2.24) is 0 Å². The van der Waals surface area contributed by atoms with E-state index in [0.29, 0.717) is 0 Å². The lowest BCUT2D eigenvalue weighted by molar-refractivity contribution is 0.150. The van der Waals surface area contributed by atoms with Gasteiger partial charge in [-0.1, -0.05) is 52.4 Å². The molecule has 4 aliphatic carbocycles. The first kappa shape index (κ1) is 22.1. The third-order valence-corrected chi connectivity index (χ3v) is 16.9. The van der Waals surface area contributed by atoms with Crippen molar-refractivity contribution in [3.8, 4) is 0 Å². The summed E-state index contributed by atoms with van der Waals surface area (Å²) >= 11 is 0. The molecule has 162 valence electrons. The van der Waals surface area contributed by atoms with Crippen molar-refractivity contribution in [3.63, 3.8) is 0 Å². The van der Waals surface area contributed by atoms with Gasteiger partial charge in [0, 0.05) is 0 Å². The minimum atomic E-state index is 0.215. The first-order valence-electron chi connectivity index (χ1n) is 12.9. The summed E-state index contributed by atoms with van der Waals surface area (Å²) in [5, 5.41) is 1.53. The van der Waals surface area contributed by atoms with Gasteiger partial charge >= 0.3 is 0 Å². The molecule has 6 unspecified atom stereocenters. The summed E-state index contributed by atoms with van der Waals surface area (Å²) in [5.74, 6) is 4.39. The molecule has 4 rings (SSSR count). The highest BCUT2D eigenvalue weighted by Crippen LogP contribution is 2.65. The molecule has 28 heavy (non-hydrogen) atoms. The normalized spacial score (nSPS) is 45.4. The van der Waals surface area contributed by atoms with Gasteiger partial charge in [0.1, 0.15) is 0 Å². The minimum Gasteiger partial charge on any atom is -0.103 e. The predicted octanol–water partition coefficient (Wildman–Crippen LogP) is 8.71. The van der Waals surface area contributed by atoms with Gasteiger partial charge in [-0.05, 0) is 111 Å². The van der Waals surface area contributed by atoms with Crippen LogP contribution in [0.4, 0.5) is 0 Å². The molecule has 0 saturated heterocycles. The average Bonchev–Trinajstić information content (AvgIpc) is 2.70. The second-order valence-corrected chi connectivity index (χ2v) is 17.2. The lowest BCUT2D eigenvalue weighted by Crippen LogP contribution is -2.41. The molecule has 6 atom stereocenters. The highest BCUT2D eigenvalue weighted by atomic mass is 31.1. The molecule has 0 nitrogen and oxygen atoms in total. The van der Waals surface area contributed by atoms with Crippen molar-refractivity contribution in [2.24, 2.45) is 23.7 Å². The van der Waals surface area contributed by atoms with Gasteiger partial charge in [-0.15, -0.1) is 15.8 Å². The van der Waals surface area contributed by atoms with Crippen LogP contribution in [0.5, 0.6) is 0 Å². The van der Waals surface area contributed by atoms with E-state index in [9.17, 15) is 0 Å². The third-order valence-electron chi connectivity index (χ3n) is 10.2. The van der Waals surface area contributed by atoms with Crippen molar-refractivity contribution in [2.75, 3.05) is 25.7 Å². The Hall–Kier alpha value is 0.860. The average molecular weight is 423 g/mol. The number of hydrogen-bond acceptors (Lipinski definition) is 0. The van der Waals surface area contributed by atoms with E-state index < -0.39 is 0 Å². The fraction of sp³-hybridized carbons (Fsp3) is 1.00. The zero-order chi connectivity index (χ0) is 19.8. The summed E-state index contributed by atoms with van der Waals surface area (Å²) in [6.45, 7) is 10.6. The second-order valence-electron chi connectivity index (χ2n) is 11.6. The van der Waals surface area contributed by atoms with Crippen molar-refractivity contribution in [2.45, 2.75) is 114 Å². The summed E-state index contributed by atoms with van der Waals surface area (Å²) in [6.07, 6.45) is 25.1. The van der Waals surface area contributed by atoms with Crippen LogP contribution in [0.2, 0.25) is 0 Å². The van der Waals surface area contributed by atoms with Crippen molar-refractivity contribution >= 4 is 15.8 Å². The monoisotopic (exact) mass is 422 g/mol. The Bertz CT molecular complexity index is 445. The maximum absolute atomic E-state index is 2.73. The Labute approximate surface area is 179 Å². The predicted molar refractivity (Wildman–Crippen MR) is 131 cm³/mol. The summed E-state index contributed by atoms with van der Waals surface area (Å²) in [6, 6.07) is 0. The number of rotatable bonds is 7. The Morgan fingerprint density at radius 1 is 0.607 bits per heavy atom. The molecule has 4 aliphatic rings. The van der Waals surface area contributed by atoms with E-state index in [1.54, 1.807) is 89.4 Å². The minimum absolute atomic E-state index is 0.215. The molecule has 4 bridgehead atoms. The van der Waals surface area contributed by atoms with Crippen molar-refractivity contribution in [1.29, 1.82) is 0 Å². The Morgan fingerprint density at radius 3 is 1.21 bits per heavy atom. The quantitative estimate of drug-likeness (QED) is 0.360. The molecule has 0 heterocycles. The summed E-state index contributed by atoms with van der Waals surface area (Å²) in [5.41, 5.74) is 0. The van der Waals surface area contributed by atoms with E-state index >= 15 is 0 Å². The second kappa shape index (κ2) is 9.15. The summed E-state index contributed by atoms with van der Waals surface area (Å²) in [7, 11) is 0.431. The molecule has 0 N–H and O–H groups in total. The SMILES string of the molecule is CCC1(P(C)CCP(C)C2(CC)CC3CCCC(C3)C2)CC2CCCC(C2)C1. The van der Waals surface area contributed by atoms with Crippen LogP contribution in [0.1, 0.15) is 104 Å². The zero-order valence-corrected chi connectivity index (χ0v) is 21.3. The topological polar surface area (TPSA) is 0 Å². The molecule has 2 heteroatoms. The molecule has 0 radical (unpaired) electrons. The van der Waals surface area contributed by atoms with Gasteiger partial charge in [0.25, 0.3) is 0 Å².